The molecule has 0 unspecified atom stereocenters. The van der Waals surface area contributed by atoms with Gasteiger partial charge in [0.25, 0.3) is 0 Å². The van der Waals surface area contributed by atoms with Gasteiger partial charge in [0.2, 0.25) is 0 Å². The first kappa shape index (κ1) is 18.5. The van der Waals surface area contributed by atoms with Crippen molar-refractivity contribution in [3.8, 4) is 0 Å². The lowest BCUT2D eigenvalue weighted by Crippen LogP contribution is -2.28. The molecule has 1 aromatic carbocycles. The molecule has 0 fully saturated rings. The van der Waals surface area contributed by atoms with Gasteiger partial charge >= 0.3 is 17.9 Å². The Kier molecular flexibility index (Phi) is 5.46. The summed E-state index contributed by atoms with van der Waals surface area (Å²) in [5.74, 6) is -1.71. The minimum absolute atomic E-state index is 0.139. The first-order chi connectivity index (χ1) is 11.7. The fourth-order valence-corrected chi connectivity index (χ4v) is 2.35. The summed E-state index contributed by atoms with van der Waals surface area (Å²) in [6.45, 7) is 4.59. The zero-order valence-electron chi connectivity index (χ0n) is 14.7. The lowest BCUT2D eigenvalue weighted by molar-refractivity contribution is -0.166. The number of rotatable bonds is 5. The third-order valence-corrected chi connectivity index (χ3v) is 3.26. The average molecular weight is 347 g/mol. The summed E-state index contributed by atoms with van der Waals surface area (Å²) in [4.78, 5) is 35.5. The first-order valence-electron chi connectivity index (χ1n) is 7.75. The summed E-state index contributed by atoms with van der Waals surface area (Å²) in [5.41, 5.74) is 0.408. The van der Waals surface area contributed by atoms with Crippen molar-refractivity contribution in [2.45, 2.75) is 32.9 Å². The van der Waals surface area contributed by atoms with E-state index in [9.17, 15) is 14.4 Å². The van der Waals surface area contributed by atoms with Gasteiger partial charge in [-0.3, -0.25) is 4.79 Å². The van der Waals surface area contributed by atoms with E-state index in [-0.39, 0.29) is 6.54 Å². The molecule has 0 saturated carbocycles. The number of hydrogen-bond acceptors (Lipinski definition) is 6. The second-order valence-corrected chi connectivity index (χ2v) is 6.43. The number of hydrogen-bond donors (Lipinski definition) is 0. The Labute approximate surface area is 145 Å². The van der Waals surface area contributed by atoms with Crippen molar-refractivity contribution in [2.75, 3.05) is 13.7 Å². The van der Waals surface area contributed by atoms with Gasteiger partial charge in [-0.15, -0.1) is 0 Å². The molecule has 7 heteroatoms. The number of nitrogens with zero attached hydrogens (tertiary/aromatic N) is 1. The van der Waals surface area contributed by atoms with Crippen LogP contribution in [0.3, 0.4) is 0 Å². The molecule has 0 atom stereocenters. The number of para-hydroxylation sites is 1. The predicted molar refractivity (Wildman–Crippen MR) is 90.1 cm³/mol. The summed E-state index contributed by atoms with van der Waals surface area (Å²) in [6, 6.07) is 7.14. The molecule has 0 radical (unpaired) electrons. The van der Waals surface area contributed by atoms with Crippen molar-refractivity contribution in [1.29, 1.82) is 0 Å². The third-order valence-electron chi connectivity index (χ3n) is 3.26. The van der Waals surface area contributed by atoms with E-state index in [4.69, 9.17) is 14.2 Å². The van der Waals surface area contributed by atoms with Crippen LogP contribution in [-0.2, 0) is 30.3 Å². The van der Waals surface area contributed by atoms with Crippen molar-refractivity contribution < 1.29 is 28.6 Å². The molecule has 25 heavy (non-hydrogen) atoms. The molecule has 2 aromatic rings. The van der Waals surface area contributed by atoms with Crippen LogP contribution in [0.15, 0.2) is 30.5 Å². The number of benzene rings is 1. The fourth-order valence-electron chi connectivity index (χ4n) is 2.35. The van der Waals surface area contributed by atoms with Crippen molar-refractivity contribution in [2.24, 2.45) is 0 Å². The standard InChI is InChI=1S/C18H21NO6/c1-18(2,3)25-16(21)11-24-15(20)10-19-9-13(17(22)23-4)12-7-5-6-8-14(12)19/h5-9H,10-11H2,1-4H3. The highest BCUT2D eigenvalue weighted by atomic mass is 16.6. The van der Waals surface area contributed by atoms with E-state index in [1.54, 1.807) is 49.6 Å². The van der Waals surface area contributed by atoms with Crippen LogP contribution >= 0.6 is 0 Å². The molecule has 0 spiro atoms. The molecule has 1 aromatic heterocycles. The molecule has 0 aliphatic carbocycles. The number of esters is 3. The molecule has 134 valence electrons. The van der Waals surface area contributed by atoms with Gasteiger partial charge in [-0.25, -0.2) is 9.59 Å². The molecule has 0 bridgehead atoms. The van der Waals surface area contributed by atoms with Gasteiger partial charge in [0, 0.05) is 17.1 Å². The lowest BCUT2D eigenvalue weighted by Gasteiger charge is -2.19. The van der Waals surface area contributed by atoms with Gasteiger partial charge in [0.1, 0.15) is 12.1 Å². The molecule has 0 aliphatic heterocycles. The number of ether oxygens (including phenoxy) is 3. The van der Waals surface area contributed by atoms with Crippen LogP contribution in [0.1, 0.15) is 31.1 Å². The normalized spacial score (nSPS) is 11.2. The maximum absolute atomic E-state index is 12.0. The Morgan fingerprint density at radius 2 is 1.76 bits per heavy atom. The van der Waals surface area contributed by atoms with Crippen molar-refractivity contribution in [3.05, 3.63) is 36.0 Å². The van der Waals surface area contributed by atoms with Crippen LogP contribution in [0.4, 0.5) is 0 Å². The van der Waals surface area contributed by atoms with Crippen LogP contribution in [0.2, 0.25) is 0 Å². The second-order valence-electron chi connectivity index (χ2n) is 6.43. The van der Waals surface area contributed by atoms with Crippen LogP contribution < -0.4 is 0 Å². The number of fused-ring (bicyclic) bond motifs is 1. The maximum Gasteiger partial charge on any atom is 0.344 e. The van der Waals surface area contributed by atoms with Crippen LogP contribution in [0, 0.1) is 0 Å². The summed E-state index contributed by atoms with van der Waals surface area (Å²) >= 11 is 0. The van der Waals surface area contributed by atoms with Gasteiger partial charge in [-0.05, 0) is 26.8 Å². The van der Waals surface area contributed by atoms with Crippen LogP contribution in [0.5, 0.6) is 0 Å². The molecular weight excluding hydrogens is 326 g/mol. The molecule has 0 amide bonds. The van der Waals surface area contributed by atoms with E-state index in [2.05, 4.69) is 0 Å². The molecule has 1 heterocycles. The number of methoxy groups -OCH3 is 1. The predicted octanol–water partition coefficient (Wildman–Crippen LogP) is 2.31. The van der Waals surface area contributed by atoms with E-state index in [1.165, 1.54) is 13.3 Å². The Morgan fingerprint density at radius 1 is 1.08 bits per heavy atom. The van der Waals surface area contributed by atoms with Crippen LogP contribution in [0.25, 0.3) is 10.9 Å². The summed E-state index contributed by atoms with van der Waals surface area (Å²) < 4.78 is 16.4. The maximum atomic E-state index is 12.0. The van der Waals surface area contributed by atoms with Gasteiger partial charge < -0.3 is 18.8 Å². The van der Waals surface area contributed by atoms with Crippen molar-refractivity contribution >= 4 is 28.8 Å². The van der Waals surface area contributed by atoms with E-state index < -0.39 is 30.1 Å². The fraction of sp³-hybridized carbons (Fsp3) is 0.389. The van der Waals surface area contributed by atoms with E-state index >= 15 is 0 Å². The molecule has 2 rings (SSSR count). The van der Waals surface area contributed by atoms with Crippen LogP contribution in [-0.4, -0.2) is 41.8 Å². The van der Waals surface area contributed by atoms with Gasteiger partial charge in [0.05, 0.1) is 12.7 Å². The Bertz CT molecular complexity index is 799. The minimum Gasteiger partial charge on any atom is -0.465 e. The summed E-state index contributed by atoms with van der Waals surface area (Å²) in [5, 5.41) is 0.675. The largest absolute Gasteiger partial charge is 0.465 e. The highest BCUT2D eigenvalue weighted by molar-refractivity contribution is 6.04. The zero-order valence-corrected chi connectivity index (χ0v) is 14.7. The lowest BCUT2D eigenvalue weighted by atomic mass is 10.2. The average Bonchev–Trinajstić information content (AvgIpc) is 2.89. The second kappa shape index (κ2) is 7.38. The molecular formula is C18H21NO6. The Balaban J connectivity index is 2.09. The Morgan fingerprint density at radius 3 is 2.40 bits per heavy atom. The zero-order chi connectivity index (χ0) is 18.6. The number of aromatic nitrogens is 1. The van der Waals surface area contributed by atoms with Gasteiger partial charge in [0.15, 0.2) is 6.61 Å². The topological polar surface area (TPSA) is 83.8 Å². The molecule has 0 aliphatic rings. The van der Waals surface area contributed by atoms with E-state index in [0.717, 1.165) is 0 Å². The number of carbonyl (C=O) groups excluding carboxylic acids is 3. The van der Waals surface area contributed by atoms with Crippen molar-refractivity contribution in [3.63, 3.8) is 0 Å². The number of carbonyl (C=O) groups is 3. The van der Waals surface area contributed by atoms with E-state index in [0.29, 0.717) is 16.5 Å². The minimum atomic E-state index is -0.643. The monoisotopic (exact) mass is 347 g/mol. The van der Waals surface area contributed by atoms with E-state index in [1.807, 2.05) is 0 Å². The SMILES string of the molecule is COC(=O)c1cn(CC(=O)OCC(=O)OC(C)(C)C)c2ccccc12. The Hall–Kier alpha value is -2.83. The first-order valence-corrected chi connectivity index (χ1v) is 7.75. The summed E-state index contributed by atoms with van der Waals surface area (Å²) in [7, 11) is 1.30. The molecule has 7 nitrogen and oxygen atoms in total. The molecule has 0 saturated heterocycles. The van der Waals surface area contributed by atoms with Crippen molar-refractivity contribution in [1.82, 2.24) is 4.57 Å². The smallest absolute Gasteiger partial charge is 0.344 e. The highest BCUT2D eigenvalue weighted by Gasteiger charge is 2.19. The highest BCUT2D eigenvalue weighted by Crippen LogP contribution is 2.22. The molecule has 0 N–H and O–H groups in total. The third kappa shape index (κ3) is 4.82. The van der Waals surface area contributed by atoms with Gasteiger partial charge in [-0.2, -0.15) is 0 Å². The quantitative estimate of drug-likeness (QED) is 0.610. The van der Waals surface area contributed by atoms with Gasteiger partial charge in [-0.1, -0.05) is 18.2 Å². The summed E-state index contributed by atoms with van der Waals surface area (Å²) in [6.07, 6.45) is 1.53.